The molecular weight excluding hydrogens is 369 g/mol. The summed E-state index contributed by atoms with van der Waals surface area (Å²) in [6.07, 6.45) is 1.69. The Bertz CT molecular complexity index is 905. The van der Waals surface area contributed by atoms with Gasteiger partial charge in [-0.2, -0.15) is 0 Å². The third kappa shape index (κ3) is 4.91. The largest absolute Gasteiger partial charge is 0.468 e. The Kier molecular flexibility index (Phi) is 6.03. The maximum atomic E-state index is 13.2. The topological polar surface area (TPSA) is 48.7 Å². The van der Waals surface area contributed by atoms with Crippen molar-refractivity contribution < 1.29 is 13.6 Å². The average Bonchev–Trinajstić information content (AvgIpc) is 3.25. The van der Waals surface area contributed by atoms with Gasteiger partial charge < -0.3 is 9.73 Å². The molecule has 0 radical (unpaired) electrons. The highest BCUT2D eigenvalue weighted by Crippen LogP contribution is 2.25. The zero-order chi connectivity index (χ0) is 20.1. The van der Waals surface area contributed by atoms with Gasteiger partial charge in [0.05, 0.1) is 12.8 Å². The molecule has 1 saturated heterocycles. The number of rotatable bonds is 6. The number of piperazine rings is 1. The van der Waals surface area contributed by atoms with Gasteiger partial charge in [-0.25, -0.2) is 4.39 Å². The maximum absolute atomic E-state index is 13.2. The van der Waals surface area contributed by atoms with Crippen molar-refractivity contribution in [1.82, 2.24) is 9.80 Å². The molecule has 2 heterocycles. The van der Waals surface area contributed by atoms with Crippen LogP contribution in [0.4, 0.5) is 10.1 Å². The van der Waals surface area contributed by atoms with Gasteiger partial charge in [0.1, 0.15) is 17.6 Å². The van der Waals surface area contributed by atoms with E-state index >= 15 is 0 Å². The molecule has 0 saturated carbocycles. The molecule has 1 aromatic heterocycles. The summed E-state index contributed by atoms with van der Waals surface area (Å²) in [6.45, 7) is 4.04. The highest BCUT2D eigenvalue weighted by Gasteiger charge is 2.30. The molecule has 0 aliphatic carbocycles. The number of anilines is 1. The van der Waals surface area contributed by atoms with Crippen molar-refractivity contribution in [3.63, 3.8) is 0 Å². The van der Waals surface area contributed by atoms with Crippen molar-refractivity contribution in [2.24, 2.45) is 0 Å². The van der Waals surface area contributed by atoms with Gasteiger partial charge in [-0.3, -0.25) is 14.6 Å². The standard InChI is InChI=1S/C23H24FN3O2/c24-19-8-10-20(11-9-19)25-23(28)22(18-5-2-1-3-6-18)27-14-12-26(13-15-27)17-21-7-4-16-29-21/h1-11,16,22H,12-15,17H2,(H,25,28). The summed E-state index contributed by atoms with van der Waals surface area (Å²) in [6, 6.07) is 19.1. The van der Waals surface area contributed by atoms with Crippen LogP contribution in [0.5, 0.6) is 0 Å². The van der Waals surface area contributed by atoms with E-state index in [9.17, 15) is 9.18 Å². The fraction of sp³-hybridized carbons (Fsp3) is 0.261. The molecule has 1 aliphatic rings. The lowest BCUT2D eigenvalue weighted by Gasteiger charge is -2.38. The minimum atomic E-state index is -0.396. The Labute approximate surface area is 169 Å². The first-order chi connectivity index (χ1) is 14.2. The van der Waals surface area contributed by atoms with Crippen molar-refractivity contribution in [2.75, 3.05) is 31.5 Å². The molecule has 150 valence electrons. The summed E-state index contributed by atoms with van der Waals surface area (Å²) in [5.74, 6) is 0.518. The van der Waals surface area contributed by atoms with Gasteiger partial charge in [-0.1, -0.05) is 30.3 Å². The normalized spacial score (nSPS) is 16.4. The number of furan rings is 1. The number of nitrogens with one attached hydrogen (secondary N) is 1. The van der Waals surface area contributed by atoms with Gasteiger partial charge in [-0.05, 0) is 42.0 Å². The number of halogens is 1. The van der Waals surface area contributed by atoms with E-state index in [0.717, 1.165) is 44.0 Å². The van der Waals surface area contributed by atoms with E-state index < -0.39 is 6.04 Å². The Hall–Kier alpha value is -2.96. The lowest BCUT2D eigenvalue weighted by Crippen LogP contribution is -2.49. The number of hydrogen-bond acceptors (Lipinski definition) is 4. The van der Waals surface area contributed by atoms with Crippen LogP contribution in [0.15, 0.2) is 77.4 Å². The lowest BCUT2D eigenvalue weighted by molar-refractivity contribution is -0.122. The summed E-state index contributed by atoms with van der Waals surface area (Å²) in [5, 5.41) is 2.94. The number of carbonyl (C=O) groups is 1. The number of benzene rings is 2. The Balaban J connectivity index is 1.46. The van der Waals surface area contributed by atoms with Crippen LogP contribution in [0.2, 0.25) is 0 Å². The highest BCUT2D eigenvalue weighted by atomic mass is 19.1. The van der Waals surface area contributed by atoms with E-state index in [2.05, 4.69) is 15.1 Å². The second kappa shape index (κ2) is 9.03. The lowest BCUT2D eigenvalue weighted by atomic mass is 10.0. The Morgan fingerprint density at radius 3 is 2.34 bits per heavy atom. The average molecular weight is 393 g/mol. The van der Waals surface area contributed by atoms with Gasteiger partial charge in [-0.15, -0.1) is 0 Å². The van der Waals surface area contributed by atoms with E-state index in [4.69, 9.17) is 4.42 Å². The molecule has 1 atom stereocenters. The fourth-order valence-corrected chi connectivity index (χ4v) is 3.71. The van der Waals surface area contributed by atoms with Crippen LogP contribution in [0.25, 0.3) is 0 Å². The molecule has 4 rings (SSSR count). The first-order valence-corrected chi connectivity index (χ1v) is 9.79. The van der Waals surface area contributed by atoms with Crippen molar-refractivity contribution in [2.45, 2.75) is 12.6 Å². The van der Waals surface area contributed by atoms with Crippen LogP contribution in [0, 0.1) is 5.82 Å². The number of carbonyl (C=O) groups excluding carboxylic acids is 1. The van der Waals surface area contributed by atoms with E-state index in [0.29, 0.717) is 5.69 Å². The predicted molar refractivity (Wildman–Crippen MR) is 110 cm³/mol. The predicted octanol–water partition coefficient (Wildman–Crippen LogP) is 3.92. The molecule has 1 aliphatic heterocycles. The van der Waals surface area contributed by atoms with Crippen LogP contribution in [-0.2, 0) is 11.3 Å². The van der Waals surface area contributed by atoms with E-state index in [1.807, 2.05) is 42.5 Å². The van der Waals surface area contributed by atoms with E-state index in [-0.39, 0.29) is 11.7 Å². The molecular formula is C23H24FN3O2. The fourth-order valence-electron chi connectivity index (χ4n) is 3.71. The number of hydrogen-bond donors (Lipinski definition) is 1. The summed E-state index contributed by atoms with van der Waals surface area (Å²) in [4.78, 5) is 17.7. The summed E-state index contributed by atoms with van der Waals surface area (Å²) >= 11 is 0. The van der Waals surface area contributed by atoms with Crippen LogP contribution in [0.3, 0.4) is 0 Å². The first-order valence-electron chi connectivity index (χ1n) is 9.79. The zero-order valence-electron chi connectivity index (χ0n) is 16.1. The third-order valence-electron chi connectivity index (χ3n) is 5.21. The second-order valence-corrected chi connectivity index (χ2v) is 7.20. The van der Waals surface area contributed by atoms with E-state index in [1.165, 1.54) is 12.1 Å². The molecule has 0 spiro atoms. The zero-order valence-corrected chi connectivity index (χ0v) is 16.1. The quantitative estimate of drug-likeness (QED) is 0.690. The summed E-state index contributed by atoms with van der Waals surface area (Å²) < 4.78 is 18.6. The summed E-state index contributed by atoms with van der Waals surface area (Å²) in [7, 11) is 0. The van der Waals surface area contributed by atoms with Gasteiger partial charge in [0.15, 0.2) is 0 Å². The highest BCUT2D eigenvalue weighted by molar-refractivity contribution is 5.95. The Morgan fingerprint density at radius 2 is 1.69 bits per heavy atom. The first kappa shape index (κ1) is 19.4. The van der Waals surface area contributed by atoms with Gasteiger partial charge in [0.25, 0.3) is 0 Å². The van der Waals surface area contributed by atoms with Gasteiger partial charge in [0, 0.05) is 31.9 Å². The van der Waals surface area contributed by atoms with Crippen molar-refractivity contribution in [3.05, 3.63) is 90.1 Å². The molecule has 1 amide bonds. The van der Waals surface area contributed by atoms with E-state index in [1.54, 1.807) is 18.4 Å². The molecule has 29 heavy (non-hydrogen) atoms. The summed E-state index contributed by atoms with van der Waals surface area (Å²) in [5.41, 5.74) is 1.54. The van der Waals surface area contributed by atoms with Crippen molar-refractivity contribution >= 4 is 11.6 Å². The third-order valence-corrected chi connectivity index (χ3v) is 5.21. The minimum Gasteiger partial charge on any atom is -0.468 e. The molecule has 1 N–H and O–H groups in total. The molecule has 0 bridgehead atoms. The molecule has 1 fully saturated rings. The number of nitrogens with zero attached hydrogens (tertiary/aromatic N) is 2. The molecule has 2 aromatic carbocycles. The smallest absolute Gasteiger partial charge is 0.246 e. The van der Waals surface area contributed by atoms with Crippen molar-refractivity contribution in [1.29, 1.82) is 0 Å². The SMILES string of the molecule is O=C(Nc1ccc(F)cc1)C(c1ccccc1)N1CCN(Cc2ccco2)CC1. The van der Waals surface area contributed by atoms with Crippen molar-refractivity contribution in [3.8, 4) is 0 Å². The minimum absolute atomic E-state index is 0.109. The van der Waals surface area contributed by atoms with Gasteiger partial charge >= 0.3 is 0 Å². The molecule has 1 unspecified atom stereocenters. The van der Waals surface area contributed by atoms with Crippen LogP contribution < -0.4 is 5.32 Å². The molecule has 6 heteroatoms. The molecule has 5 nitrogen and oxygen atoms in total. The maximum Gasteiger partial charge on any atom is 0.246 e. The second-order valence-electron chi connectivity index (χ2n) is 7.20. The monoisotopic (exact) mass is 393 g/mol. The number of amides is 1. The van der Waals surface area contributed by atoms with Crippen LogP contribution >= 0.6 is 0 Å². The van der Waals surface area contributed by atoms with Crippen LogP contribution in [-0.4, -0.2) is 41.9 Å². The van der Waals surface area contributed by atoms with Crippen LogP contribution in [0.1, 0.15) is 17.4 Å². The Morgan fingerprint density at radius 1 is 0.966 bits per heavy atom. The van der Waals surface area contributed by atoms with Gasteiger partial charge in [0.2, 0.25) is 5.91 Å². The molecule has 3 aromatic rings.